The summed E-state index contributed by atoms with van der Waals surface area (Å²) in [6, 6.07) is 1.82. The highest BCUT2D eigenvalue weighted by Gasteiger charge is 2.21. The minimum atomic E-state index is -0.100. The molecule has 0 aromatic heterocycles. The van der Waals surface area contributed by atoms with Crippen LogP contribution in [-0.4, -0.2) is 10.9 Å². The van der Waals surface area contributed by atoms with Crippen LogP contribution in [0.5, 0.6) is 5.75 Å². The third kappa shape index (κ3) is 1.53. The Morgan fingerprint density at radius 3 is 2.87 bits per heavy atom. The number of benzene rings is 1. The molecule has 15 heavy (non-hydrogen) atoms. The molecule has 0 heterocycles. The van der Waals surface area contributed by atoms with Gasteiger partial charge in [0, 0.05) is 12.1 Å². The number of phenolic OH excluding ortho intramolecular Hbond substituents is 1. The molecule has 0 atom stereocenters. The van der Waals surface area contributed by atoms with Gasteiger partial charge in [-0.25, -0.2) is 0 Å². The topological polar surface area (TPSA) is 63.3 Å². The molecule has 80 valence electrons. The van der Waals surface area contributed by atoms with Gasteiger partial charge in [0.25, 0.3) is 0 Å². The van der Waals surface area contributed by atoms with Crippen molar-refractivity contribution in [1.82, 2.24) is 0 Å². The Morgan fingerprint density at radius 2 is 2.27 bits per heavy atom. The van der Waals surface area contributed by atoms with Crippen molar-refractivity contribution in [3.63, 3.8) is 0 Å². The summed E-state index contributed by atoms with van der Waals surface area (Å²) in [7, 11) is 0. The summed E-state index contributed by atoms with van der Waals surface area (Å²) in [4.78, 5) is 11.3. The van der Waals surface area contributed by atoms with E-state index in [1.165, 1.54) is 12.5 Å². The lowest BCUT2D eigenvalue weighted by molar-refractivity contribution is 0.101. The van der Waals surface area contributed by atoms with Gasteiger partial charge in [-0.1, -0.05) is 0 Å². The minimum absolute atomic E-state index is 0.0886. The van der Waals surface area contributed by atoms with E-state index in [1.54, 1.807) is 0 Å². The SMILES string of the molecule is CC(=O)c1cc2c(c(CN)c1O)CCC2. The van der Waals surface area contributed by atoms with Crippen LogP contribution in [0.3, 0.4) is 0 Å². The number of hydrogen-bond acceptors (Lipinski definition) is 3. The van der Waals surface area contributed by atoms with Crippen LogP contribution in [0.2, 0.25) is 0 Å². The molecule has 0 aliphatic heterocycles. The zero-order chi connectivity index (χ0) is 11.0. The summed E-state index contributed by atoms with van der Waals surface area (Å²) in [5.74, 6) is -0.0115. The van der Waals surface area contributed by atoms with Gasteiger partial charge in [-0.15, -0.1) is 0 Å². The highest BCUT2D eigenvalue weighted by molar-refractivity contribution is 5.97. The van der Waals surface area contributed by atoms with Gasteiger partial charge in [0.15, 0.2) is 5.78 Å². The Morgan fingerprint density at radius 1 is 1.53 bits per heavy atom. The van der Waals surface area contributed by atoms with E-state index in [4.69, 9.17) is 5.73 Å². The molecule has 0 amide bonds. The van der Waals surface area contributed by atoms with Crippen molar-refractivity contribution >= 4 is 5.78 Å². The maximum atomic E-state index is 11.3. The number of carbonyl (C=O) groups is 1. The van der Waals surface area contributed by atoms with Gasteiger partial charge >= 0.3 is 0 Å². The van der Waals surface area contributed by atoms with Crippen molar-refractivity contribution in [2.45, 2.75) is 32.7 Å². The predicted molar refractivity (Wildman–Crippen MR) is 58.0 cm³/mol. The summed E-state index contributed by atoms with van der Waals surface area (Å²) >= 11 is 0. The van der Waals surface area contributed by atoms with Gasteiger partial charge in [0.2, 0.25) is 0 Å². The highest BCUT2D eigenvalue weighted by Crippen LogP contribution is 2.34. The Bertz CT molecular complexity index is 424. The third-order valence-electron chi connectivity index (χ3n) is 3.07. The van der Waals surface area contributed by atoms with Crippen molar-refractivity contribution in [2.75, 3.05) is 0 Å². The number of rotatable bonds is 2. The molecule has 3 heteroatoms. The molecule has 3 N–H and O–H groups in total. The van der Waals surface area contributed by atoms with Gasteiger partial charge in [0.1, 0.15) is 5.75 Å². The Balaban J connectivity index is 2.67. The van der Waals surface area contributed by atoms with E-state index >= 15 is 0 Å². The number of nitrogens with two attached hydrogens (primary N) is 1. The van der Waals surface area contributed by atoms with Crippen LogP contribution >= 0.6 is 0 Å². The standard InChI is InChI=1S/C12H15NO2/c1-7(14)10-5-8-3-2-4-9(8)11(6-13)12(10)15/h5,15H,2-4,6,13H2,1H3. The van der Waals surface area contributed by atoms with Crippen molar-refractivity contribution in [3.05, 3.63) is 28.3 Å². The van der Waals surface area contributed by atoms with E-state index in [0.717, 1.165) is 30.4 Å². The average molecular weight is 205 g/mol. The first-order valence-electron chi connectivity index (χ1n) is 5.22. The number of fused-ring (bicyclic) bond motifs is 1. The van der Waals surface area contributed by atoms with Crippen LogP contribution in [-0.2, 0) is 19.4 Å². The number of hydrogen-bond donors (Lipinski definition) is 2. The molecular weight excluding hydrogens is 190 g/mol. The second-order valence-electron chi connectivity index (χ2n) is 4.00. The molecule has 0 radical (unpaired) electrons. The molecule has 0 fully saturated rings. The maximum Gasteiger partial charge on any atom is 0.163 e. The van der Waals surface area contributed by atoms with Crippen molar-refractivity contribution < 1.29 is 9.90 Å². The third-order valence-corrected chi connectivity index (χ3v) is 3.07. The van der Waals surface area contributed by atoms with Crippen LogP contribution in [0.4, 0.5) is 0 Å². The number of phenols is 1. The lowest BCUT2D eigenvalue weighted by Gasteiger charge is -2.12. The van der Waals surface area contributed by atoms with Crippen molar-refractivity contribution in [2.24, 2.45) is 5.73 Å². The molecule has 0 unspecified atom stereocenters. The molecule has 1 aromatic rings. The Kier molecular flexibility index (Phi) is 2.49. The fourth-order valence-electron chi connectivity index (χ4n) is 2.31. The molecule has 0 saturated heterocycles. The van der Waals surface area contributed by atoms with Crippen molar-refractivity contribution in [1.29, 1.82) is 0 Å². The Labute approximate surface area is 88.9 Å². The number of ketones is 1. The summed E-state index contributed by atoms with van der Waals surface area (Å²) < 4.78 is 0. The summed E-state index contributed by atoms with van der Waals surface area (Å²) in [5, 5.41) is 9.92. The molecular formula is C12H15NO2. The van der Waals surface area contributed by atoms with Gasteiger partial charge in [0.05, 0.1) is 5.56 Å². The second kappa shape index (κ2) is 3.66. The van der Waals surface area contributed by atoms with Gasteiger partial charge in [-0.05, 0) is 43.4 Å². The van der Waals surface area contributed by atoms with E-state index in [2.05, 4.69) is 0 Å². The first-order valence-corrected chi connectivity index (χ1v) is 5.22. The van der Waals surface area contributed by atoms with E-state index in [1.807, 2.05) is 6.07 Å². The van der Waals surface area contributed by atoms with E-state index in [9.17, 15) is 9.90 Å². The normalized spacial score (nSPS) is 14.0. The monoisotopic (exact) mass is 205 g/mol. The molecule has 1 aliphatic rings. The molecule has 3 nitrogen and oxygen atoms in total. The lowest BCUT2D eigenvalue weighted by Crippen LogP contribution is -2.06. The molecule has 0 saturated carbocycles. The lowest BCUT2D eigenvalue weighted by atomic mass is 9.96. The molecule has 1 aliphatic carbocycles. The number of carbonyl (C=O) groups excluding carboxylic acids is 1. The number of Topliss-reactive ketones (excluding diaryl/α,β-unsaturated/α-hetero) is 1. The Hall–Kier alpha value is -1.35. The zero-order valence-electron chi connectivity index (χ0n) is 8.84. The van der Waals surface area contributed by atoms with Crippen LogP contribution in [0, 0.1) is 0 Å². The fraction of sp³-hybridized carbons (Fsp3) is 0.417. The maximum absolute atomic E-state index is 11.3. The van der Waals surface area contributed by atoms with Crippen molar-refractivity contribution in [3.8, 4) is 5.75 Å². The summed E-state index contributed by atoms with van der Waals surface area (Å²) in [6.07, 6.45) is 3.04. The number of aromatic hydroxyl groups is 1. The molecule has 1 aromatic carbocycles. The zero-order valence-corrected chi connectivity index (χ0v) is 8.84. The molecule has 2 rings (SSSR count). The predicted octanol–water partition coefficient (Wildman–Crippen LogP) is 1.54. The van der Waals surface area contributed by atoms with E-state index in [-0.39, 0.29) is 11.5 Å². The van der Waals surface area contributed by atoms with Crippen LogP contribution in [0.25, 0.3) is 0 Å². The molecule has 0 bridgehead atoms. The smallest absolute Gasteiger partial charge is 0.163 e. The average Bonchev–Trinajstić information content (AvgIpc) is 2.64. The van der Waals surface area contributed by atoms with Gasteiger partial charge in [-0.3, -0.25) is 4.79 Å². The first-order chi connectivity index (χ1) is 7.15. The minimum Gasteiger partial charge on any atom is -0.507 e. The largest absolute Gasteiger partial charge is 0.507 e. The fourth-order valence-corrected chi connectivity index (χ4v) is 2.31. The van der Waals surface area contributed by atoms with Crippen LogP contribution in [0.15, 0.2) is 6.07 Å². The molecule has 0 spiro atoms. The summed E-state index contributed by atoms with van der Waals surface area (Å²) in [6.45, 7) is 1.77. The van der Waals surface area contributed by atoms with Crippen LogP contribution < -0.4 is 5.73 Å². The van der Waals surface area contributed by atoms with E-state index in [0.29, 0.717) is 12.1 Å². The van der Waals surface area contributed by atoms with Gasteiger partial charge in [-0.2, -0.15) is 0 Å². The van der Waals surface area contributed by atoms with Gasteiger partial charge < -0.3 is 10.8 Å². The van der Waals surface area contributed by atoms with Crippen LogP contribution in [0.1, 0.15) is 40.4 Å². The highest BCUT2D eigenvalue weighted by atomic mass is 16.3. The quantitative estimate of drug-likeness (QED) is 0.720. The number of aryl methyl sites for hydroxylation is 1. The second-order valence-corrected chi connectivity index (χ2v) is 4.00. The van der Waals surface area contributed by atoms with E-state index < -0.39 is 0 Å². The summed E-state index contributed by atoms with van der Waals surface area (Å²) in [5.41, 5.74) is 9.13. The first kappa shape index (κ1) is 10.2.